The van der Waals surface area contributed by atoms with Gasteiger partial charge in [-0.1, -0.05) is 54.2 Å². The van der Waals surface area contributed by atoms with E-state index in [9.17, 15) is 22.8 Å². The molecule has 3 aromatic carbocycles. The van der Waals surface area contributed by atoms with Gasteiger partial charge in [-0.05, 0) is 29.7 Å². The molecule has 0 aliphatic rings. The molecule has 1 aromatic heterocycles. The molecular weight excluding hydrogens is 479 g/mol. The highest BCUT2D eigenvalue weighted by Gasteiger charge is 2.30. The fourth-order valence-corrected chi connectivity index (χ4v) is 4.13. The number of aromatic nitrogens is 3. The van der Waals surface area contributed by atoms with Crippen LogP contribution in [0.15, 0.2) is 71.9 Å². The first-order valence-corrected chi connectivity index (χ1v) is 11.4. The third-order valence-corrected chi connectivity index (χ3v) is 6.13. The molecule has 0 unspecified atom stereocenters. The smallest absolute Gasteiger partial charge is 0.326 e. The van der Waals surface area contributed by atoms with E-state index >= 15 is 0 Å². The highest BCUT2D eigenvalue weighted by molar-refractivity contribution is 7.99. The second kappa shape index (κ2) is 10.2. The monoisotopic (exact) mass is 499 g/mol. The third-order valence-electron chi connectivity index (χ3n) is 5.11. The largest absolute Gasteiger partial charge is 0.416 e. The van der Waals surface area contributed by atoms with E-state index in [2.05, 4.69) is 20.8 Å². The van der Waals surface area contributed by atoms with Crippen LogP contribution >= 0.6 is 11.8 Å². The van der Waals surface area contributed by atoms with Crippen molar-refractivity contribution in [1.82, 2.24) is 14.8 Å². The summed E-state index contributed by atoms with van der Waals surface area (Å²) in [6.07, 6.45) is -4.70. The summed E-state index contributed by atoms with van der Waals surface area (Å²) in [6.45, 7) is 0. The van der Waals surface area contributed by atoms with Gasteiger partial charge in [-0.2, -0.15) is 13.2 Å². The minimum absolute atomic E-state index is 0.0340. The lowest BCUT2D eigenvalue weighted by Gasteiger charge is -2.10. The van der Waals surface area contributed by atoms with Crippen molar-refractivity contribution in [2.75, 3.05) is 16.4 Å². The van der Waals surface area contributed by atoms with Crippen molar-refractivity contribution in [3.63, 3.8) is 0 Å². The van der Waals surface area contributed by atoms with E-state index in [1.165, 1.54) is 12.1 Å². The molecule has 2 amide bonds. The summed E-state index contributed by atoms with van der Waals surface area (Å²) in [6, 6.07) is 17.8. The Morgan fingerprint density at radius 3 is 2.49 bits per heavy atom. The Labute approximate surface area is 202 Å². The molecule has 2 N–H and O–H groups in total. The maximum absolute atomic E-state index is 12.9. The number of nitrogens with one attached hydrogen (secondary N) is 2. The van der Waals surface area contributed by atoms with Gasteiger partial charge in [0.1, 0.15) is 5.82 Å². The molecule has 4 rings (SSSR count). The highest BCUT2D eigenvalue weighted by Crippen LogP contribution is 2.30. The van der Waals surface area contributed by atoms with Gasteiger partial charge in [-0.3, -0.25) is 9.59 Å². The van der Waals surface area contributed by atoms with Crippen molar-refractivity contribution in [2.24, 2.45) is 7.05 Å². The number of alkyl halides is 3. The minimum atomic E-state index is -4.50. The predicted octanol–water partition coefficient (Wildman–Crippen LogP) is 4.90. The fraction of sp³-hybridized carbons (Fsp3) is 0.167. The number of amides is 2. The maximum atomic E-state index is 12.9. The van der Waals surface area contributed by atoms with Gasteiger partial charge in [0.05, 0.1) is 17.7 Å². The Kier molecular flexibility index (Phi) is 7.06. The van der Waals surface area contributed by atoms with Gasteiger partial charge < -0.3 is 15.2 Å². The van der Waals surface area contributed by atoms with Gasteiger partial charge in [0.25, 0.3) is 0 Å². The van der Waals surface area contributed by atoms with Gasteiger partial charge in [0.15, 0.2) is 5.16 Å². The number of nitrogens with zero attached hydrogens (tertiary/aromatic N) is 3. The van der Waals surface area contributed by atoms with Crippen LogP contribution < -0.4 is 10.6 Å². The average molecular weight is 500 g/mol. The molecule has 35 heavy (non-hydrogen) atoms. The predicted molar refractivity (Wildman–Crippen MR) is 128 cm³/mol. The topological polar surface area (TPSA) is 88.9 Å². The molecule has 0 atom stereocenters. The van der Waals surface area contributed by atoms with Crippen molar-refractivity contribution in [3.05, 3.63) is 78.1 Å². The maximum Gasteiger partial charge on any atom is 0.416 e. The number of benzene rings is 3. The zero-order valence-electron chi connectivity index (χ0n) is 18.5. The summed E-state index contributed by atoms with van der Waals surface area (Å²) in [7, 11) is 1.65. The molecule has 0 bridgehead atoms. The number of halogens is 3. The van der Waals surface area contributed by atoms with Crippen molar-refractivity contribution in [2.45, 2.75) is 17.8 Å². The molecule has 1 heterocycles. The van der Waals surface area contributed by atoms with Crippen LogP contribution in [0.5, 0.6) is 0 Å². The highest BCUT2D eigenvalue weighted by atomic mass is 32.2. The zero-order valence-corrected chi connectivity index (χ0v) is 19.3. The number of thioether (sulfide) groups is 1. The molecule has 180 valence electrons. The van der Waals surface area contributed by atoms with Crippen LogP contribution in [0.1, 0.15) is 11.4 Å². The molecule has 4 aromatic rings. The molecule has 0 aliphatic heterocycles. The minimum Gasteiger partial charge on any atom is -0.326 e. The van der Waals surface area contributed by atoms with Gasteiger partial charge >= 0.3 is 6.18 Å². The number of carbonyl (C=O) groups is 2. The standard InChI is InChI=1S/C24H20F3N5O2S/c1-32-20(13-21(33)28-17-9-5-8-16(12-17)24(25,26)27)30-31-23(32)35-14-22(34)29-19-11-4-7-15-6-2-3-10-18(15)19/h2-12H,13-14H2,1H3,(H,28,33)(H,29,34). The lowest BCUT2D eigenvalue weighted by atomic mass is 10.1. The van der Waals surface area contributed by atoms with Crippen LogP contribution in [0.3, 0.4) is 0 Å². The quantitative estimate of drug-likeness (QED) is 0.353. The Morgan fingerprint density at radius 1 is 0.943 bits per heavy atom. The second-order valence-electron chi connectivity index (χ2n) is 7.62. The van der Waals surface area contributed by atoms with Crippen molar-refractivity contribution in [3.8, 4) is 0 Å². The van der Waals surface area contributed by atoms with E-state index in [0.717, 1.165) is 34.7 Å². The number of hydrogen-bond acceptors (Lipinski definition) is 5. The van der Waals surface area contributed by atoms with Gasteiger partial charge in [0.2, 0.25) is 11.8 Å². The van der Waals surface area contributed by atoms with Crippen molar-refractivity contribution >= 4 is 45.7 Å². The summed E-state index contributed by atoms with van der Waals surface area (Å²) >= 11 is 1.16. The van der Waals surface area contributed by atoms with E-state index in [0.29, 0.717) is 16.7 Å². The van der Waals surface area contributed by atoms with E-state index in [1.807, 2.05) is 42.5 Å². The number of rotatable bonds is 7. The van der Waals surface area contributed by atoms with Crippen molar-refractivity contribution in [1.29, 1.82) is 0 Å². The Balaban J connectivity index is 1.34. The van der Waals surface area contributed by atoms with Crippen LogP contribution in [0, 0.1) is 0 Å². The van der Waals surface area contributed by atoms with Gasteiger partial charge in [-0.25, -0.2) is 0 Å². The first-order chi connectivity index (χ1) is 16.7. The molecule has 0 saturated heterocycles. The van der Waals surface area contributed by atoms with E-state index in [4.69, 9.17) is 0 Å². The zero-order chi connectivity index (χ0) is 25.0. The lowest BCUT2D eigenvalue weighted by molar-refractivity contribution is -0.137. The first kappa shape index (κ1) is 24.3. The summed E-state index contributed by atoms with van der Waals surface area (Å²) in [5, 5.41) is 15.7. The molecule has 7 nitrogen and oxygen atoms in total. The van der Waals surface area contributed by atoms with Crippen LogP contribution in [-0.2, 0) is 29.2 Å². The molecular formula is C24H20F3N5O2S. The van der Waals surface area contributed by atoms with Crippen molar-refractivity contribution < 1.29 is 22.8 Å². The van der Waals surface area contributed by atoms with E-state index in [-0.39, 0.29) is 23.8 Å². The summed E-state index contributed by atoms with van der Waals surface area (Å²) in [5.41, 5.74) is -0.111. The van der Waals surface area contributed by atoms with E-state index < -0.39 is 17.6 Å². The summed E-state index contributed by atoms with van der Waals surface area (Å²) in [4.78, 5) is 24.8. The lowest BCUT2D eigenvalue weighted by Crippen LogP contribution is -2.18. The normalized spacial score (nSPS) is 11.4. The molecule has 0 fully saturated rings. The molecule has 0 radical (unpaired) electrons. The fourth-order valence-electron chi connectivity index (χ4n) is 3.40. The summed E-state index contributed by atoms with van der Waals surface area (Å²) < 4.78 is 40.2. The van der Waals surface area contributed by atoms with Gasteiger partial charge in [0, 0.05) is 23.8 Å². The number of anilines is 2. The molecule has 0 aliphatic carbocycles. The Hall–Kier alpha value is -3.86. The van der Waals surface area contributed by atoms with Crippen LogP contribution in [0.4, 0.5) is 24.5 Å². The Bertz CT molecular complexity index is 1380. The third kappa shape index (κ3) is 5.99. The molecule has 0 spiro atoms. The molecule has 11 heteroatoms. The Morgan fingerprint density at radius 2 is 1.69 bits per heavy atom. The van der Waals surface area contributed by atoms with Gasteiger partial charge in [-0.15, -0.1) is 10.2 Å². The van der Waals surface area contributed by atoms with Crippen LogP contribution in [0.25, 0.3) is 10.8 Å². The summed E-state index contributed by atoms with van der Waals surface area (Å²) in [5.74, 6) is -0.374. The van der Waals surface area contributed by atoms with E-state index in [1.54, 1.807) is 11.6 Å². The first-order valence-electron chi connectivity index (χ1n) is 10.5. The van der Waals surface area contributed by atoms with Crippen LogP contribution in [0.2, 0.25) is 0 Å². The number of fused-ring (bicyclic) bond motifs is 1. The second-order valence-corrected chi connectivity index (χ2v) is 8.57. The molecule has 0 saturated carbocycles. The number of hydrogen-bond donors (Lipinski definition) is 2. The SMILES string of the molecule is Cn1c(CC(=O)Nc2cccc(C(F)(F)F)c2)nnc1SCC(=O)Nc1cccc2ccccc12. The van der Waals surface area contributed by atoms with Crippen LogP contribution in [-0.4, -0.2) is 32.3 Å². The number of carbonyl (C=O) groups excluding carboxylic acids is 2. The average Bonchev–Trinajstić information content (AvgIpc) is 3.16.